The number of hydrogen-bond acceptors (Lipinski definition) is 4. The number of nitrogens with zero attached hydrogens (tertiary/aromatic N) is 2. The molecule has 0 spiro atoms. The van der Waals surface area contributed by atoms with Crippen molar-refractivity contribution < 1.29 is 4.74 Å². The zero-order chi connectivity index (χ0) is 14.4. The zero-order valence-electron chi connectivity index (χ0n) is 11.6. The van der Waals surface area contributed by atoms with Crippen LogP contribution in [0, 0.1) is 5.92 Å². The van der Waals surface area contributed by atoms with Crippen LogP contribution in [0.1, 0.15) is 19.5 Å². The Morgan fingerprint density at radius 1 is 1.20 bits per heavy atom. The molecule has 2 rings (SSSR count). The van der Waals surface area contributed by atoms with E-state index in [0.29, 0.717) is 29.1 Å². The van der Waals surface area contributed by atoms with Crippen molar-refractivity contribution in [2.75, 3.05) is 6.54 Å². The molecule has 1 heterocycles. The minimum Gasteiger partial charge on any atom is -0.437 e. The lowest BCUT2D eigenvalue weighted by Gasteiger charge is -2.07. The number of aromatic nitrogens is 2. The molecule has 106 valence electrons. The van der Waals surface area contributed by atoms with Crippen molar-refractivity contribution in [3.63, 3.8) is 0 Å². The third-order valence-corrected chi connectivity index (χ3v) is 2.81. The van der Waals surface area contributed by atoms with Crippen LogP contribution in [-0.2, 0) is 6.54 Å². The topological polar surface area (TPSA) is 47.0 Å². The molecule has 0 aliphatic heterocycles. The summed E-state index contributed by atoms with van der Waals surface area (Å²) >= 11 is 5.89. The van der Waals surface area contributed by atoms with Gasteiger partial charge in [-0.1, -0.05) is 31.5 Å². The van der Waals surface area contributed by atoms with Gasteiger partial charge in [-0.15, -0.1) is 5.10 Å². The molecule has 0 saturated carbocycles. The van der Waals surface area contributed by atoms with Crippen LogP contribution in [0.3, 0.4) is 0 Å². The molecule has 0 aliphatic rings. The monoisotopic (exact) mass is 291 g/mol. The fourth-order valence-electron chi connectivity index (χ4n) is 1.64. The Hall–Kier alpha value is -1.65. The Morgan fingerprint density at radius 3 is 2.70 bits per heavy atom. The maximum atomic E-state index is 5.89. The molecule has 5 heteroatoms. The lowest BCUT2D eigenvalue weighted by molar-refractivity contribution is 0.452. The van der Waals surface area contributed by atoms with Crippen molar-refractivity contribution in [3.05, 3.63) is 47.1 Å². The van der Waals surface area contributed by atoms with Crippen molar-refractivity contribution in [2.24, 2.45) is 5.92 Å². The van der Waals surface area contributed by atoms with Crippen LogP contribution in [0.25, 0.3) is 0 Å². The summed E-state index contributed by atoms with van der Waals surface area (Å²) in [5.74, 6) is 1.73. The average Bonchev–Trinajstić information content (AvgIpc) is 2.40. The van der Waals surface area contributed by atoms with E-state index in [1.807, 2.05) is 18.2 Å². The van der Waals surface area contributed by atoms with Gasteiger partial charge in [0.25, 0.3) is 0 Å². The van der Waals surface area contributed by atoms with Gasteiger partial charge in [0.05, 0.1) is 5.69 Å². The first kappa shape index (κ1) is 14.8. The van der Waals surface area contributed by atoms with Gasteiger partial charge in [0.1, 0.15) is 5.75 Å². The van der Waals surface area contributed by atoms with E-state index in [4.69, 9.17) is 16.3 Å². The Labute approximate surface area is 124 Å². The highest BCUT2D eigenvalue weighted by Crippen LogP contribution is 2.22. The largest absolute Gasteiger partial charge is 0.437 e. The maximum Gasteiger partial charge on any atom is 0.238 e. The number of nitrogens with one attached hydrogen (secondary N) is 1. The van der Waals surface area contributed by atoms with Crippen molar-refractivity contribution >= 4 is 11.6 Å². The highest BCUT2D eigenvalue weighted by Gasteiger charge is 2.02. The molecule has 0 bridgehead atoms. The van der Waals surface area contributed by atoms with Crippen LogP contribution in [0.2, 0.25) is 5.02 Å². The third kappa shape index (κ3) is 4.79. The molecule has 0 amide bonds. The van der Waals surface area contributed by atoms with Crippen LogP contribution in [0.5, 0.6) is 11.6 Å². The summed E-state index contributed by atoms with van der Waals surface area (Å²) in [6.07, 6.45) is 0. The van der Waals surface area contributed by atoms with Gasteiger partial charge in [-0.2, -0.15) is 5.10 Å². The SMILES string of the molecule is CC(C)CNCc1ccc(Oc2cccc(Cl)c2)nn1. The van der Waals surface area contributed by atoms with Gasteiger partial charge in [0.2, 0.25) is 5.88 Å². The fraction of sp³-hybridized carbons (Fsp3) is 0.333. The molecule has 1 aromatic carbocycles. The number of rotatable bonds is 6. The highest BCUT2D eigenvalue weighted by atomic mass is 35.5. The molecule has 1 aromatic heterocycles. The summed E-state index contributed by atoms with van der Waals surface area (Å²) in [5.41, 5.74) is 0.893. The van der Waals surface area contributed by atoms with Crippen molar-refractivity contribution in [3.8, 4) is 11.6 Å². The standard InChI is InChI=1S/C15H18ClN3O/c1-11(2)9-17-10-13-6-7-15(19-18-13)20-14-5-3-4-12(16)8-14/h3-8,11,17H,9-10H2,1-2H3. The summed E-state index contributed by atoms with van der Waals surface area (Å²) < 4.78 is 5.58. The lowest BCUT2D eigenvalue weighted by Crippen LogP contribution is -2.19. The van der Waals surface area contributed by atoms with E-state index in [0.717, 1.165) is 12.2 Å². The molecule has 0 fully saturated rings. The van der Waals surface area contributed by atoms with Crippen LogP contribution < -0.4 is 10.1 Å². The van der Waals surface area contributed by atoms with E-state index in [2.05, 4.69) is 29.4 Å². The first-order valence-electron chi connectivity index (χ1n) is 6.60. The molecule has 0 atom stereocenters. The molecule has 0 saturated heterocycles. The predicted molar refractivity (Wildman–Crippen MR) is 80.1 cm³/mol. The molecule has 0 unspecified atom stereocenters. The quantitative estimate of drug-likeness (QED) is 0.882. The van der Waals surface area contributed by atoms with E-state index < -0.39 is 0 Å². The summed E-state index contributed by atoms with van der Waals surface area (Å²) in [6.45, 7) is 6.01. The third-order valence-electron chi connectivity index (χ3n) is 2.57. The van der Waals surface area contributed by atoms with Crippen LogP contribution >= 0.6 is 11.6 Å². The van der Waals surface area contributed by atoms with Gasteiger partial charge >= 0.3 is 0 Å². The Kier molecular flexibility index (Phi) is 5.32. The number of benzene rings is 1. The van der Waals surface area contributed by atoms with Crippen molar-refractivity contribution in [1.82, 2.24) is 15.5 Å². The van der Waals surface area contributed by atoms with Gasteiger partial charge in [-0.3, -0.25) is 0 Å². The average molecular weight is 292 g/mol. The van der Waals surface area contributed by atoms with Crippen LogP contribution in [0.15, 0.2) is 36.4 Å². The molecule has 0 radical (unpaired) electrons. The van der Waals surface area contributed by atoms with Gasteiger partial charge in [0, 0.05) is 17.6 Å². The summed E-state index contributed by atoms with van der Waals surface area (Å²) in [5, 5.41) is 12.1. The van der Waals surface area contributed by atoms with Gasteiger partial charge in [-0.25, -0.2) is 0 Å². The minimum atomic E-state index is 0.458. The fourth-order valence-corrected chi connectivity index (χ4v) is 1.82. The summed E-state index contributed by atoms with van der Waals surface area (Å²) in [4.78, 5) is 0. The van der Waals surface area contributed by atoms with E-state index in [1.165, 1.54) is 0 Å². The Bertz CT molecular complexity index is 543. The van der Waals surface area contributed by atoms with Crippen molar-refractivity contribution in [2.45, 2.75) is 20.4 Å². The van der Waals surface area contributed by atoms with Crippen LogP contribution in [0.4, 0.5) is 0 Å². The molecule has 2 aromatic rings. The van der Waals surface area contributed by atoms with E-state index in [1.54, 1.807) is 18.2 Å². The summed E-state index contributed by atoms with van der Waals surface area (Å²) in [7, 11) is 0. The lowest BCUT2D eigenvalue weighted by atomic mass is 10.2. The first-order valence-corrected chi connectivity index (χ1v) is 6.98. The van der Waals surface area contributed by atoms with E-state index >= 15 is 0 Å². The number of hydrogen-bond donors (Lipinski definition) is 1. The van der Waals surface area contributed by atoms with Crippen molar-refractivity contribution in [1.29, 1.82) is 0 Å². The van der Waals surface area contributed by atoms with Gasteiger partial charge in [0.15, 0.2) is 0 Å². The highest BCUT2D eigenvalue weighted by molar-refractivity contribution is 6.30. The van der Waals surface area contributed by atoms with Crippen LogP contribution in [-0.4, -0.2) is 16.7 Å². The van der Waals surface area contributed by atoms with E-state index in [-0.39, 0.29) is 0 Å². The van der Waals surface area contributed by atoms with Gasteiger partial charge < -0.3 is 10.1 Å². The van der Waals surface area contributed by atoms with E-state index in [9.17, 15) is 0 Å². The van der Waals surface area contributed by atoms with Gasteiger partial charge in [-0.05, 0) is 36.7 Å². The Morgan fingerprint density at radius 2 is 2.05 bits per heavy atom. The molecule has 1 N–H and O–H groups in total. The number of ether oxygens (including phenoxy) is 1. The second-order valence-corrected chi connectivity index (χ2v) is 5.38. The summed E-state index contributed by atoms with van der Waals surface area (Å²) in [6, 6.07) is 10.9. The second kappa shape index (κ2) is 7.22. The molecule has 0 aliphatic carbocycles. The molecular weight excluding hydrogens is 274 g/mol. The Balaban J connectivity index is 1.91. The smallest absolute Gasteiger partial charge is 0.238 e. The minimum absolute atomic E-state index is 0.458. The number of halogens is 1. The second-order valence-electron chi connectivity index (χ2n) is 4.95. The normalized spacial score (nSPS) is 10.8. The first-order chi connectivity index (χ1) is 9.63. The predicted octanol–water partition coefficient (Wildman–Crippen LogP) is 3.67. The maximum absolute atomic E-state index is 5.89. The zero-order valence-corrected chi connectivity index (χ0v) is 12.4. The molecular formula is C15H18ClN3O. The molecule has 20 heavy (non-hydrogen) atoms. The molecule has 4 nitrogen and oxygen atoms in total.